The van der Waals surface area contributed by atoms with Gasteiger partial charge in [-0.2, -0.15) is 0 Å². The van der Waals surface area contributed by atoms with Gasteiger partial charge in [-0.3, -0.25) is 4.79 Å². The molecule has 0 heterocycles. The zero-order chi connectivity index (χ0) is 26.9. The molecule has 196 valence electrons. The summed E-state index contributed by atoms with van der Waals surface area (Å²) in [5.41, 5.74) is 4.76. The maximum absolute atomic E-state index is 12.6. The number of rotatable bonds is 11. The lowest BCUT2D eigenvalue weighted by Gasteiger charge is -2.27. The minimum atomic E-state index is -1.36. The van der Waals surface area contributed by atoms with Gasteiger partial charge in [0.2, 0.25) is 6.29 Å². The Morgan fingerprint density at radius 1 is 0.972 bits per heavy atom. The highest BCUT2D eigenvalue weighted by atomic mass is 35.5. The van der Waals surface area contributed by atoms with Crippen molar-refractivity contribution in [2.24, 2.45) is 5.73 Å². The first-order chi connectivity index (χ1) is 16.8. The topological polar surface area (TPSA) is 126 Å². The van der Waals surface area contributed by atoms with Crippen LogP contribution in [0.25, 0.3) is 0 Å². The highest BCUT2D eigenvalue weighted by molar-refractivity contribution is 6.30. The molecule has 1 amide bonds. The molecule has 2 aromatic carbocycles. The first-order valence-corrected chi connectivity index (χ1v) is 11.8. The maximum atomic E-state index is 12.6. The van der Waals surface area contributed by atoms with Crippen molar-refractivity contribution in [3.8, 4) is 5.75 Å². The number of carbonyl (C=O) groups excluding carboxylic acids is 3. The van der Waals surface area contributed by atoms with Crippen molar-refractivity contribution >= 4 is 29.6 Å². The third-order valence-corrected chi connectivity index (χ3v) is 5.23. The number of hydrogen-bond donors (Lipinski definition) is 2. The van der Waals surface area contributed by atoms with Crippen LogP contribution in [0.4, 0.5) is 4.79 Å². The molecule has 3 N–H and O–H groups in total. The van der Waals surface area contributed by atoms with E-state index in [0.29, 0.717) is 29.3 Å². The first kappa shape index (κ1) is 28.9. The summed E-state index contributed by atoms with van der Waals surface area (Å²) in [6, 6.07) is 13.8. The average Bonchev–Trinajstić information content (AvgIpc) is 2.79. The Morgan fingerprint density at radius 3 is 2.17 bits per heavy atom. The van der Waals surface area contributed by atoms with E-state index in [9.17, 15) is 14.4 Å². The molecule has 0 saturated carbocycles. The van der Waals surface area contributed by atoms with Gasteiger partial charge in [-0.1, -0.05) is 23.7 Å². The normalized spacial score (nSPS) is 12.3. The van der Waals surface area contributed by atoms with Crippen LogP contribution >= 0.6 is 11.6 Å². The van der Waals surface area contributed by atoms with Crippen molar-refractivity contribution in [2.75, 3.05) is 13.1 Å². The van der Waals surface area contributed by atoms with Gasteiger partial charge >= 0.3 is 12.1 Å². The zero-order valence-electron chi connectivity index (χ0n) is 21.1. The van der Waals surface area contributed by atoms with Crippen LogP contribution in [-0.4, -0.2) is 48.6 Å². The number of carbonyl (C=O) groups is 3. The molecule has 0 aromatic heterocycles. The summed E-state index contributed by atoms with van der Waals surface area (Å²) in [5, 5.41) is 3.43. The van der Waals surface area contributed by atoms with Gasteiger partial charge in [0.15, 0.2) is 5.60 Å². The predicted octanol–water partition coefficient (Wildman–Crippen LogP) is 4.25. The second-order valence-corrected chi connectivity index (χ2v) is 9.61. The smallest absolute Gasteiger partial charge is 0.476 e. The summed E-state index contributed by atoms with van der Waals surface area (Å²) >= 11 is 5.84. The molecule has 1 unspecified atom stereocenters. The molecule has 0 saturated heterocycles. The molecular weight excluding hydrogens is 488 g/mol. The molecule has 0 radical (unpaired) electrons. The zero-order valence-corrected chi connectivity index (χ0v) is 21.9. The van der Waals surface area contributed by atoms with Crippen LogP contribution in [0.1, 0.15) is 50.5 Å². The molecule has 0 aliphatic rings. The van der Waals surface area contributed by atoms with Crippen LogP contribution in [0.5, 0.6) is 5.75 Å². The summed E-state index contributed by atoms with van der Waals surface area (Å²) < 4.78 is 21.0. The van der Waals surface area contributed by atoms with Gasteiger partial charge in [0.05, 0.1) is 0 Å². The lowest BCUT2D eigenvalue weighted by molar-refractivity contribution is -0.184. The number of ether oxygens (including phenoxy) is 4. The minimum Gasteiger partial charge on any atom is -0.476 e. The van der Waals surface area contributed by atoms with Crippen molar-refractivity contribution in [3.63, 3.8) is 0 Å². The second-order valence-electron chi connectivity index (χ2n) is 9.18. The Morgan fingerprint density at radius 2 is 1.58 bits per heavy atom. The van der Waals surface area contributed by atoms with Crippen molar-refractivity contribution in [3.05, 3.63) is 64.7 Å². The number of esters is 1. The summed E-state index contributed by atoms with van der Waals surface area (Å²) in [4.78, 5) is 36.6. The highest BCUT2D eigenvalue weighted by Crippen LogP contribution is 2.21. The Kier molecular flexibility index (Phi) is 10.1. The van der Waals surface area contributed by atoms with Crippen LogP contribution in [-0.2, 0) is 25.4 Å². The van der Waals surface area contributed by atoms with E-state index in [1.807, 2.05) is 12.1 Å². The van der Waals surface area contributed by atoms with Crippen LogP contribution < -0.4 is 15.8 Å². The molecule has 0 aliphatic carbocycles. The summed E-state index contributed by atoms with van der Waals surface area (Å²) in [6.07, 6.45) is -1.58. The van der Waals surface area contributed by atoms with Crippen molar-refractivity contribution in [1.29, 1.82) is 0 Å². The third kappa shape index (κ3) is 9.39. The Hall–Kier alpha value is -3.30. The van der Waals surface area contributed by atoms with Gasteiger partial charge in [0, 0.05) is 30.6 Å². The van der Waals surface area contributed by atoms with Gasteiger partial charge in [-0.15, -0.1) is 0 Å². The fourth-order valence-corrected chi connectivity index (χ4v) is 2.95. The molecule has 10 heteroatoms. The SMILES string of the molecule is CC(OC(=O)OC(C)(C)CN)OC(=O)C(C)(C)Oc1ccc(CCNC(=O)c2ccc(Cl)cc2)cc1. The van der Waals surface area contributed by atoms with Crippen LogP contribution in [0.2, 0.25) is 5.02 Å². The van der Waals surface area contributed by atoms with Gasteiger partial charge in [-0.05, 0) is 76.1 Å². The molecule has 2 rings (SSSR count). The first-order valence-electron chi connectivity index (χ1n) is 11.4. The quantitative estimate of drug-likeness (QED) is 0.332. The number of hydrogen-bond acceptors (Lipinski definition) is 8. The van der Waals surface area contributed by atoms with Crippen LogP contribution in [0, 0.1) is 0 Å². The van der Waals surface area contributed by atoms with E-state index in [0.717, 1.165) is 5.56 Å². The third-order valence-electron chi connectivity index (χ3n) is 4.98. The van der Waals surface area contributed by atoms with E-state index in [4.69, 9.17) is 36.3 Å². The lowest BCUT2D eigenvalue weighted by Crippen LogP contribution is -2.42. The minimum absolute atomic E-state index is 0.105. The number of halogens is 1. The van der Waals surface area contributed by atoms with Crippen molar-refractivity contribution < 1.29 is 33.3 Å². The molecule has 2 aromatic rings. The van der Waals surface area contributed by atoms with E-state index in [1.165, 1.54) is 20.8 Å². The fraction of sp³-hybridized carbons (Fsp3) is 0.423. The van der Waals surface area contributed by atoms with E-state index in [-0.39, 0.29) is 12.5 Å². The van der Waals surface area contributed by atoms with Gasteiger partial charge in [0.1, 0.15) is 11.4 Å². The molecule has 36 heavy (non-hydrogen) atoms. The van der Waals surface area contributed by atoms with Crippen molar-refractivity contribution in [2.45, 2.75) is 58.5 Å². The average molecular weight is 521 g/mol. The molecule has 0 spiro atoms. The molecule has 1 atom stereocenters. The van der Waals surface area contributed by atoms with Gasteiger partial charge < -0.3 is 30.0 Å². The van der Waals surface area contributed by atoms with Crippen LogP contribution in [0.15, 0.2) is 48.5 Å². The monoisotopic (exact) mass is 520 g/mol. The predicted molar refractivity (Wildman–Crippen MR) is 135 cm³/mol. The van der Waals surface area contributed by atoms with Crippen LogP contribution in [0.3, 0.4) is 0 Å². The molecule has 9 nitrogen and oxygen atoms in total. The summed E-state index contributed by atoms with van der Waals surface area (Å²) in [5.74, 6) is -0.458. The maximum Gasteiger partial charge on any atom is 0.511 e. The van der Waals surface area contributed by atoms with Gasteiger partial charge in [-0.25, -0.2) is 9.59 Å². The number of nitrogens with one attached hydrogen (secondary N) is 1. The van der Waals surface area contributed by atoms with E-state index in [1.54, 1.807) is 50.2 Å². The highest BCUT2D eigenvalue weighted by Gasteiger charge is 2.34. The second kappa shape index (κ2) is 12.6. The largest absolute Gasteiger partial charge is 0.511 e. The van der Waals surface area contributed by atoms with E-state index in [2.05, 4.69) is 5.32 Å². The molecule has 0 aliphatic heterocycles. The Bertz CT molecular complexity index is 1040. The summed E-state index contributed by atoms with van der Waals surface area (Å²) in [6.45, 7) is 8.28. The standard InChI is InChI=1S/C26H33ClN2O7/c1-17(34-24(32)36-25(2,3)16-28)33-23(31)26(4,5)35-21-12-6-18(7-13-21)14-15-29-22(30)19-8-10-20(27)11-9-19/h6-13,17H,14-16,28H2,1-5H3,(H,29,30). The van der Waals surface area contributed by atoms with Gasteiger partial charge in [0.25, 0.3) is 5.91 Å². The number of nitrogens with two attached hydrogens (primary N) is 1. The molecular formula is C26H33ClN2O7. The van der Waals surface area contributed by atoms with E-state index < -0.39 is 29.6 Å². The summed E-state index contributed by atoms with van der Waals surface area (Å²) in [7, 11) is 0. The molecule has 0 fully saturated rings. The number of benzene rings is 2. The van der Waals surface area contributed by atoms with E-state index >= 15 is 0 Å². The van der Waals surface area contributed by atoms with Crippen molar-refractivity contribution in [1.82, 2.24) is 5.32 Å². The Labute approximate surface area is 216 Å². The molecule has 0 bridgehead atoms. The Balaban J connectivity index is 1.81. The fourth-order valence-electron chi connectivity index (χ4n) is 2.83. The lowest BCUT2D eigenvalue weighted by atomic mass is 10.1. The number of amides is 1.